The van der Waals surface area contributed by atoms with Crippen LogP contribution in [0.25, 0.3) is 11.4 Å². The van der Waals surface area contributed by atoms with Gasteiger partial charge in [0.05, 0.1) is 7.11 Å². The monoisotopic (exact) mass is 435 g/mol. The van der Waals surface area contributed by atoms with E-state index in [1.54, 1.807) is 36.5 Å². The molecule has 0 saturated heterocycles. The number of rotatable bonds is 6. The summed E-state index contributed by atoms with van der Waals surface area (Å²) in [7, 11) is 1.49. The van der Waals surface area contributed by atoms with Gasteiger partial charge in [0.2, 0.25) is 5.88 Å². The fraction of sp³-hybridized carbons (Fsp3) is 0.0833. The van der Waals surface area contributed by atoms with Gasteiger partial charge in [0, 0.05) is 23.8 Å². The molecule has 4 aromatic rings. The molecule has 4 rings (SSSR count). The predicted octanol–water partition coefficient (Wildman–Crippen LogP) is 4.76. The van der Waals surface area contributed by atoms with Crippen molar-refractivity contribution in [1.29, 1.82) is 0 Å². The van der Waals surface area contributed by atoms with Gasteiger partial charge in [-0.05, 0) is 35.4 Å². The standard InChI is InChI=1S/C24H21N3O3.ClH/c1-16(18-11-12-20(28)21(15-18)30-2)23-19(14-17-8-4-3-5-9-17)24(29)27(26-23)22-10-6-7-13-25-22;/h3-13,15,28-29H,1,14H2,2H3;1H. The van der Waals surface area contributed by atoms with Gasteiger partial charge >= 0.3 is 0 Å². The Kier molecular flexibility index (Phi) is 6.62. The van der Waals surface area contributed by atoms with Crippen molar-refractivity contribution >= 4 is 18.0 Å². The average Bonchev–Trinajstić information content (AvgIpc) is 3.11. The zero-order valence-corrected chi connectivity index (χ0v) is 17.7. The zero-order valence-electron chi connectivity index (χ0n) is 16.9. The lowest BCUT2D eigenvalue weighted by atomic mass is 9.97. The lowest BCUT2D eigenvalue weighted by molar-refractivity contribution is 0.373. The number of hydrogen-bond acceptors (Lipinski definition) is 5. The topological polar surface area (TPSA) is 80.4 Å². The minimum absolute atomic E-state index is 0. The first-order valence-corrected chi connectivity index (χ1v) is 9.41. The summed E-state index contributed by atoms with van der Waals surface area (Å²) in [5, 5.41) is 25.6. The fourth-order valence-corrected chi connectivity index (χ4v) is 3.29. The van der Waals surface area contributed by atoms with E-state index in [0.717, 1.165) is 11.1 Å². The van der Waals surface area contributed by atoms with Crippen molar-refractivity contribution in [3.05, 3.63) is 102 Å². The molecule has 0 aliphatic rings. The number of pyridine rings is 1. The van der Waals surface area contributed by atoms with Gasteiger partial charge in [0.1, 0.15) is 5.69 Å². The van der Waals surface area contributed by atoms with Crippen molar-refractivity contribution in [2.75, 3.05) is 7.11 Å². The van der Waals surface area contributed by atoms with Crippen molar-refractivity contribution in [3.8, 4) is 23.2 Å². The van der Waals surface area contributed by atoms with E-state index in [1.807, 2.05) is 36.4 Å². The highest BCUT2D eigenvalue weighted by Gasteiger charge is 2.22. The van der Waals surface area contributed by atoms with Crippen LogP contribution in [0.1, 0.15) is 22.4 Å². The van der Waals surface area contributed by atoms with E-state index in [0.29, 0.717) is 34.8 Å². The Morgan fingerprint density at radius 1 is 1.03 bits per heavy atom. The van der Waals surface area contributed by atoms with Crippen LogP contribution >= 0.6 is 12.4 Å². The lowest BCUT2D eigenvalue weighted by Crippen LogP contribution is -1.99. The van der Waals surface area contributed by atoms with Crippen LogP contribution in [0, 0.1) is 0 Å². The number of methoxy groups -OCH3 is 1. The third kappa shape index (κ3) is 4.39. The number of halogens is 1. The Balaban J connectivity index is 0.00000272. The Hall–Kier alpha value is -3.77. The molecular formula is C24H22ClN3O3. The van der Waals surface area contributed by atoms with Crippen LogP contribution in [0.3, 0.4) is 0 Å². The first-order valence-electron chi connectivity index (χ1n) is 9.41. The van der Waals surface area contributed by atoms with Crippen LogP contribution in [0.15, 0.2) is 79.5 Å². The molecule has 0 aliphatic carbocycles. The number of aromatic hydroxyl groups is 2. The van der Waals surface area contributed by atoms with Gasteiger partial charge < -0.3 is 14.9 Å². The molecule has 0 amide bonds. The predicted molar refractivity (Wildman–Crippen MR) is 122 cm³/mol. The highest BCUT2D eigenvalue weighted by molar-refractivity contribution is 5.85. The van der Waals surface area contributed by atoms with E-state index in [9.17, 15) is 10.2 Å². The number of hydrogen-bond donors (Lipinski definition) is 2. The second-order valence-electron chi connectivity index (χ2n) is 6.78. The summed E-state index contributed by atoms with van der Waals surface area (Å²) in [4.78, 5) is 4.30. The smallest absolute Gasteiger partial charge is 0.219 e. The van der Waals surface area contributed by atoms with Crippen molar-refractivity contribution in [2.24, 2.45) is 0 Å². The normalized spacial score (nSPS) is 10.4. The quantitative estimate of drug-likeness (QED) is 0.456. The first-order chi connectivity index (χ1) is 14.6. The molecule has 7 heteroatoms. The van der Waals surface area contributed by atoms with Gasteiger partial charge in [-0.15, -0.1) is 12.4 Å². The van der Waals surface area contributed by atoms with Gasteiger partial charge in [-0.2, -0.15) is 9.78 Å². The number of ether oxygens (including phenoxy) is 1. The number of nitrogens with zero attached hydrogens (tertiary/aromatic N) is 3. The first kappa shape index (κ1) is 21.9. The van der Waals surface area contributed by atoms with Gasteiger partial charge in [0.15, 0.2) is 17.3 Å². The highest BCUT2D eigenvalue weighted by Crippen LogP contribution is 2.36. The van der Waals surface area contributed by atoms with Gasteiger partial charge in [-0.1, -0.05) is 49.0 Å². The van der Waals surface area contributed by atoms with Gasteiger partial charge in [-0.25, -0.2) is 4.98 Å². The molecule has 0 aliphatic heterocycles. The van der Waals surface area contributed by atoms with Crippen LogP contribution in [0.2, 0.25) is 0 Å². The summed E-state index contributed by atoms with van der Waals surface area (Å²) in [6.45, 7) is 4.21. The third-order valence-corrected chi connectivity index (χ3v) is 4.86. The molecule has 0 bridgehead atoms. The molecule has 2 aromatic heterocycles. The van der Waals surface area contributed by atoms with Crippen LogP contribution in [-0.4, -0.2) is 32.1 Å². The zero-order chi connectivity index (χ0) is 21.1. The summed E-state index contributed by atoms with van der Waals surface area (Å²) >= 11 is 0. The minimum atomic E-state index is 0. The number of phenolic OH excluding ortho intramolecular Hbond substituents is 1. The molecular weight excluding hydrogens is 414 g/mol. The Morgan fingerprint density at radius 2 is 1.77 bits per heavy atom. The fourth-order valence-electron chi connectivity index (χ4n) is 3.29. The number of phenols is 1. The van der Waals surface area contributed by atoms with Crippen LogP contribution < -0.4 is 4.74 Å². The summed E-state index contributed by atoms with van der Waals surface area (Å²) in [5.41, 5.74) is 3.55. The Morgan fingerprint density at radius 3 is 2.45 bits per heavy atom. The molecule has 31 heavy (non-hydrogen) atoms. The highest BCUT2D eigenvalue weighted by atomic mass is 35.5. The van der Waals surface area contributed by atoms with Crippen molar-refractivity contribution in [2.45, 2.75) is 6.42 Å². The minimum Gasteiger partial charge on any atom is -0.504 e. The molecule has 0 radical (unpaired) electrons. The maximum atomic E-state index is 11.0. The molecule has 2 N–H and O–H groups in total. The van der Waals surface area contributed by atoms with Crippen LogP contribution in [0.4, 0.5) is 0 Å². The van der Waals surface area contributed by atoms with E-state index < -0.39 is 0 Å². The SMILES string of the molecule is C=C(c1ccc(O)c(OC)c1)c1nn(-c2ccccn2)c(O)c1Cc1ccccc1.Cl. The summed E-state index contributed by atoms with van der Waals surface area (Å²) in [6.07, 6.45) is 2.12. The summed E-state index contributed by atoms with van der Waals surface area (Å²) in [5.74, 6) is 0.901. The molecule has 6 nitrogen and oxygen atoms in total. The summed E-state index contributed by atoms with van der Waals surface area (Å²) < 4.78 is 6.63. The van der Waals surface area contributed by atoms with E-state index in [2.05, 4.69) is 16.7 Å². The molecule has 2 heterocycles. The number of aromatic nitrogens is 3. The maximum Gasteiger partial charge on any atom is 0.219 e. The Bertz CT molecular complexity index is 1190. The average molecular weight is 436 g/mol. The second-order valence-corrected chi connectivity index (χ2v) is 6.78. The van der Waals surface area contributed by atoms with Gasteiger partial charge in [-0.3, -0.25) is 0 Å². The molecule has 2 aromatic carbocycles. The third-order valence-electron chi connectivity index (χ3n) is 4.86. The van der Waals surface area contributed by atoms with E-state index in [-0.39, 0.29) is 24.0 Å². The molecule has 0 saturated carbocycles. The van der Waals surface area contributed by atoms with Crippen molar-refractivity contribution in [3.63, 3.8) is 0 Å². The second kappa shape index (κ2) is 9.36. The molecule has 158 valence electrons. The summed E-state index contributed by atoms with van der Waals surface area (Å²) in [6, 6.07) is 20.2. The van der Waals surface area contributed by atoms with Crippen molar-refractivity contribution < 1.29 is 14.9 Å². The van der Waals surface area contributed by atoms with Crippen LogP contribution in [0.5, 0.6) is 17.4 Å². The van der Waals surface area contributed by atoms with E-state index in [4.69, 9.17) is 4.74 Å². The Labute approximate surface area is 186 Å². The molecule has 0 spiro atoms. The van der Waals surface area contributed by atoms with E-state index in [1.165, 1.54) is 11.8 Å². The van der Waals surface area contributed by atoms with Crippen molar-refractivity contribution in [1.82, 2.24) is 14.8 Å². The largest absolute Gasteiger partial charge is 0.504 e. The molecule has 0 fully saturated rings. The van der Waals surface area contributed by atoms with Gasteiger partial charge in [0.25, 0.3) is 0 Å². The van der Waals surface area contributed by atoms with E-state index >= 15 is 0 Å². The molecule has 0 atom stereocenters. The lowest BCUT2D eigenvalue weighted by Gasteiger charge is -2.09. The van der Waals surface area contributed by atoms with Crippen LogP contribution in [-0.2, 0) is 6.42 Å². The molecule has 0 unspecified atom stereocenters. The maximum absolute atomic E-state index is 11.0. The number of benzene rings is 2.